The zero-order chi connectivity index (χ0) is 9.60. The molecule has 1 aromatic carbocycles. The largest absolute Gasteiger partial charge is 0.379 e. The fourth-order valence-corrected chi connectivity index (χ4v) is 2.30. The first kappa shape index (κ1) is 8.09. The van der Waals surface area contributed by atoms with Crippen LogP contribution in [0.1, 0.15) is 19.3 Å². The van der Waals surface area contributed by atoms with Gasteiger partial charge in [0.2, 0.25) is 0 Å². The normalized spacial score (nSPS) is 21.8. The van der Waals surface area contributed by atoms with E-state index in [1.54, 1.807) is 6.07 Å². The van der Waals surface area contributed by atoms with Gasteiger partial charge in [0.25, 0.3) is 0 Å². The van der Waals surface area contributed by atoms with E-state index in [4.69, 9.17) is 0 Å². The van der Waals surface area contributed by atoms with Crippen LogP contribution in [-0.4, -0.2) is 12.1 Å². The molecule has 14 heavy (non-hydrogen) atoms. The summed E-state index contributed by atoms with van der Waals surface area (Å²) in [5, 5.41) is 6.63. The zero-order valence-electron chi connectivity index (χ0n) is 7.94. The summed E-state index contributed by atoms with van der Waals surface area (Å²) < 4.78 is 13.3. The Hall–Kier alpha value is -1.25. The van der Waals surface area contributed by atoms with Crippen LogP contribution in [-0.2, 0) is 0 Å². The van der Waals surface area contributed by atoms with Crippen molar-refractivity contribution in [1.29, 1.82) is 0 Å². The molecule has 1 heterocycles. The highest BCUT2D eigenvalue weighted by atomic mass is 19.1. The number of hydrogen-bond donors (Lipinski definition) is 2. The summed E-state index contributed by atoms with van der Waals surface area (Å²) in [6, 6.07) is 5.18. The van der Waals surface area contributed by atoms with Crippen LogP contribution in [0.5, 0.6) is 0 Å². The Labute approximate surface area is 82.5 Å². The molecule has 1 aliphatic carbocycles. The molecule has 3 rings (SSSR count). The van der Waals surface area contributed by atoms with Crippen LogP contribution >= 0.6 is 0 Å². The van der Waals surface area contributed by atoms with Crippen molar-refractivity contribution in [3.63, 3.8) is 0 Å². The summed E-state index contributed by atoms with van der Waals surface area (Å²) in [5.41, 5.74) is 1.75. The van der Waals surface area contributed by atoms with Crippen molar-refractivity contribution in [2.45, 2.75) is 24.8 Å². The molecule has 2 nitrogen and oxygen atoms in total. The second-order valence-electron chi connectivity index (χ2n) is 4.27. The Morgan fingerprint density at radius 3 is 2.86 bits per heavy atom. The van der Waals surface area contributed by atoms with Gasteiger partial charge in [0.1, 0.15) is 5.82 Å². The molecule has 0 saturated heterocycles. The number of halogens is 1. The summed E-state index contributed by atoms with van der Waals surface area (Å²) in [5.74, 6) is -0.163. The third kappa shape index (κ3) is 1.01. The maximum Gasteiger partial charge on any atom is 0.148 e. The first-order chi connectivity index (χ1) is 6.79. The van der Waals surface area contributed by atoms with Crippen molar-refractivity contribution in [2.24, 2.45) is 0 Å². The predicted molar refractivity (Wildman–Crippen MR) is 55.1 cm³/mol. The number of anilines is 2. The van der Waals surface area contributed by atoms with Crippen LogP contribution in [0, 0.1) is 5.82 Å². The highest BCUT2D eigenvalue weighted by Gasteiger charge is 2.39. The molecule has 1 aliphatic heterocycles. The van der Waals surface area contributed by atoms with E-state index >= 15 is 0 Å². The number of benzene rings is 1. The van der Waals surface area contributed by atoms with Crippen molar-refractivity contribution in [3.05, 3.63) is 24.0 Å². The van der Waals surface area contributed by atoms with Gasteiger partial charge in [0.15, 0.2) is 0 Å². The van der Waals surface area contributed by atoms with Gasteiger partial charge in [-0.3, -0.25) is 0 Å². The molecule has 2 aliphatic rings. The minimum atomic E-state index is -0.163. The molecule has 1 spiro atoms. The Kier molecular flexibility index (Phi) is 1.52. The number of fused-ring (bicyclic) bond motifs is 1. The van der Waals surface area contributed by atoms with Gasteiger partial charge in [0.05, 0.1) is 16.9 Å². The topological polar surface area (TPSA) is 24.1 Å². The first-order valence-corrected chi connectivity index (χ1v) is 5.10. The van der Waals surface area contributed by atoms with Gasteiger partial charge < -0.3 is 10.6 Å². The van der Waals surface area contributed by atoms with E-state index in [-0.39, 0.29) is 11.4 Å². The molecular weight excluding hydrogens is 179 g/mol. The van der Waals surface area contributed by atoms with Gasteiger partial charge >= 0.3 is 0 Å². The summed E-state index contributed by atoms with van der Waals surface area (Å²) in [7, 11) is 0. The van der Waals surface area contributed by atoms with E-state index in [1.165, 1.54) is 25.3 Å². The molecule has 0 unspecified atom stereocenters. The third-order valence-electron chi connectivity index (χ3n) is 3.33. The number of nitrogens with one attached hydrogen (secondary N) is 2. The lowest BCUT2D eigenvalue weighted by atomic mass is 9.75. The minimum absolute atomic E-state index is 0.163. The SMILES string of the molecule is Fc1cccc2c1NCC1(CCC1)N2. The van der Waals surface area contributed by atoms with Crippen LogP contribution in [0.3, 0.4) is 0 Å². The van der Waals surface area contributed by atoms with E-state index in [0.29, 0.717) is 5.69 Å². The molecule has 1 fully saturated rings. The monoisotopic (exact) mass is 192 g/mol. The summed E-state index contributed by atoms with van der Waals surface area (Å²) in [4.78, 5) is 0. The Bertz CT molecular complexity index is 372. The molecule has 0 atom stereocenters. The van der Waals surface area contributed by atoms with Crippen molar-refractivity contribution in [2.75, 3.05) is 17.2 Å². The smallest absolute Gasteiger partial charge is 0.148 e. The van der Waals surface area contributed by atoms with Crippen molar-refractivity contribution in [1.82, 2.24) is 0 Å². The lowest BCUT2D eigenvalue weighted by molar-refractivity contribution is 0.290. The third-order valence-corrected chi connectivity index (χ3v) is 3.33. The molecule has 3 heteroatoms. The molecule has 1 saturated carbocycles. The average molecular weight is 192 g/mol. The standard InChI is InChI=1S/C11H13FN2/c12-8-3-1-4-9-10(8)13-7-11(14-9)5-2-6-11/h1,3-4,13-14H,2,5-7H2. The molecular formula is C11H13FN2. The van der Waals surface area contributed by atoms with E-state index in [0.717, 1.165) is 12.2 Å². The highest BCUT2D eigenvalue weighted by Crippen LogP contribution is 2.41. The number of rotatable bonds is 0. The fourth-order valence-electron chi connectivity index (χ4n) is 2.30. The lowest BCUT2D eigenvalue weighted by Crippen LogP contribution is -2.53. The summed E-state index contributed by atoms with van der Waals surface area (Å²) in [6.45, 7) is 0.848. The Morgan fingerprint density at radius 2 is 2.14 bits per heavy atom. The van der Waals surface area contributed by atoms with Crippen LogP contribution < -0.4 is 10.6 Å². The van der Waals surface area contributed by atoms with Gasteiger partial charge in [-0.05, 0) is 31.4 Å². The van der Waals surface area contributed by atoms with Gasteiger partial charge in [-0.15, -0.1) is 0 Å². The van der Waals surface area contributed by atoms with E-state index < -0.39 is 0 Å². The maximum absolute atomic E-state index is 13.3. The number of hydrogen-bond acceptors (Lipinski definition) is 2. The van der Waals surface area contributed by atoms with Gasteiger partial charge in [0, 0.05) is 6.54 Å². The maximum atomic E-state index is 13.3. The Morgan fingerprint density at radius 1 is 1.29 bits per heavy atom. The second kappa shape index (κ2) is 2.62. The molecule has 0 amide bonds. The van der Waals surface area contributed by atoms with Crippen LogP contribution in [0.25, 0.3) is 0 Å². The first-order valence-electron chi connectivity index (χ1n) is 5.10. The van der Waals surface area contributed by atoms with Crippen LogP contribution in [0.2, 0.25) is 0 Å². The molecule has 0 radical (unpaired) electrons. The molecule has 74 valence electrons. The van der Waals surface area contributed by atoms with Gasteiger partial charge in [-0.1, -0.05) is 6.07 Å². The zero-order valence-corrected chi connectivity index (χ0v) is 7.94. The van der Waals surface area contributed by atoms with Gasteiger partial charge in [-0.25, -0.2) is 4.39 Å². The molecule has 1 aromatic rings. The second-order valence-corrected chi connectivity index (χ2v) is 4.27. The minimum Gasteiger partial charge on any atom is -0.379 e. The lowest BCUT2D eigenvalue weighted by Gasteiger charge is -2.47. The molecule has 0 bridgehead atoms. The van der Waals surface area contributed by atoms with Crippen molar-refractivity contribution >= 4 is 11.4 Å². The fraction of sp³-hybridized carbons (Fsp3) is 0.455. The van der Waals surface area contributed by atoms with Crippen molar-refractivity contribution < 1.29 is 4.39 Å². The average Bonchev–Trinajstić information content (AvgIpc) is 2.15. The van der Waals surface area contributed by atoms with Crippen LogP contribution in [0.15, 0.2) is 18.2 Å². The quantitative estimate of drug-likeness (QED) is 0.660. The predicted octanol–water partition coefficient (Wildman–Crippen LogP) is 2.59. The van der Waals surface area contributed by atoms with Crippen LogP contribution in [0.4, 0.5) is 15.8 Å². The highest BCUT2D eigenvalue weighted by molar-refractivity contribution is 5.73. The summed E-state index contributed by atoms with van der Waals surface area (Å²) >= 11 is 0. The van der Waals surface area contributed by atoms with E-state index in [9.17, 15) is 4.39 Å². The Balaban J connectivity index is 1.98. The van der Waals surface area contributed by atoms with Crippen molar-refractivity contribution in [3.8, 4) is 0 Å². The van der Waals surface area contributed by atoms with E-state index in [1.807, 2.05) is 6.07 Å². The molecule has 2 N–H and O–H groups in total. The van der Waals surface area contributed by atoms with E-state index in [2.05, 4.69) is 10.6 Å². The van der Waals surface area contributed by atoms with Gasteiger partial charge in [-0.2, -0.15) is 0 Å². The summed E-state index contributed by atoms with van der Waals surface area (Å²) in [6.07, 6.45) is 3.66. The number of para-hydroxylation sites is 1. The molecule has 0 aromatic heterocycles.